The average molecular weight is 216 g/mol. The minimum Gasteiger partial charge on any atom is -0.468 e. The monoisotopic (exact) mass is 216 g/mol. The maximum absolute atomic E-state index is 11.6. The van der Waals surface area contributed by atoms with E-state index in [1.54, 1.807) is 0 Å². The molecule has 1 saturated heterocycles. The van der Waals surface area contributed by atoms with Crippen molar-refractivity contribution in [1.82, 2.24) is 10.6 Å². The highest BCUT2D eigenvalue weighted by Crippen LogP contribution is 2.03. The number of carbonyl (C=O) groups excluding carboxylic acids is 2. The number of hydrogen-bond donors (Lipinski definition) is 2. The van der Waals surface area contributed by atoms with Crippen molar-refractivity contribution in [1.29, 1.82) is 0 Å². The van der Waals surface area contributed by atoms with Crippen molar-refractivity contribution >= 4 is 11.9 Å². The quantitative estimate of drug-likeness (QED) is 0.571. The first-order valence-corrected chi connectivity index (χ1v) is 4.84. The van der Waals surface area contributed by atoms with Gasteiger partial charge in [0.1, 0.15) is 12.6 Å². The van der Waals surface area contributed by atoms with E-state index in [4.69, 9.17) is 4.74 Å². The Balaban J connectivity index is 2.35. The number of nitrogens with one attached hydrogen (secondary N) is 2. The minimum absolute atomic E-state index is 0.111. The molecule has 1 fully saturated rings. The Morgan fingerprint density at radius 2 is 2.33 bits per heavy atom. The molecule has 0 bridgehead atoms. The van der Waals surface area contributed by atoms with E-state index in [1.165, 1.54) is 7.11 Å². The van der Waals surface area contributed by atoms with Gasteiger partial charge in [-0.1, -0.05) is 0 Å². The maximum atomic E-state index is 11.6. The summed E-state index contributed by atoms with van der Waals surface area (Å²) in [6, 6.07) is -0.400. The lowest BCUT2D eigenvalue weighted by Gasteiger charge is -2.29. The number of methoxy groups -OCH3 is 1. The van der Waals surface area contributed by atoms with Crippen molar-refractivity contribution in [3.63, 3.8) is 0 Å². The zero-order valence-corrected chi connectivity index (χ0v) is 8.91. The van der Waals surface area contributed by atoms with E-state index in [0.29, 0.717) is 13.2 Å². The molecule has 1 heterocycles. The molecule has 1 amide bonds. The highest BCUT2D eigenvalue weighted by molar-refractivity contribution is 5.86. The molecule has 0 saturated carbocycles. The second kappa shape index (κ2) is 5.67. The second-order valence-electron chi connectivity index (χ2n) is 3.30. The number of carbonyl (C=O) groups is 2. The Hall–Kier alpha value is -1.14. The van der Waals surface area contributed by atoms with E-state index in [-0.39, 0.29) is 18.6 Å². The molecule has 15 heavy (non-hydrogen) atoms. The fourth-order valence-corrected chi connectivity index (χ4v) is 1.37. The lowest BCUT2D eigenvalue weighted by atomic mass is 10.1. The third kappa shape index (κ3) is 3.49. The van der Waals surface area contributed by atoms with Crippen LogP contribution in [0.2, 0.25) is 0 Å². The standard InChI is InChI=1S/C9H16N2O4/c1-6-8(10-3-4-15-6)9(13)11-5-7(12)14-2/h6,8,10H,3-5H2,1-2H3,(H,11,13)/t6-,8+/m1/s1. The summed E-state index contributed by atoms with van der Waals surface area (Å²) < 4.78 is 9.71. The maximum Gasteiger partial charge on any atom is 0.325 e. The summed E-state index contributed by atoms with van der Waals surface area (Å²) >= 11 is 0. The summed E-state index contributed by atoms with van der Waals surface area (Å²) in [7, 11) is 1.28. The first-order valence-electron chi connectivity index (χ1n) is 4.84. The van der Waals surface area contributed by atoms with Gasteiger partial charge in [0.15, 0.2) is 0 Å². The Labute approximate surface area is 88.3 Å². The van der Waals surface area contributed by atoms with Gasteiger partial charge in [-0.25, -0.2) is 0 Å². The van der Waals surface area contributed by atoms with Gasteiger partial charge in [-0.2, -0.15) is 0 Å². The summed E-state index contributed by atoms with van der Waals surface area (Å²) in [5, 5.41) is 5.50. The van der Waals surface area contributed by atoms with Crippen LogP contribution >= 0.6 is 0 Å². The van der Waals surface area contributed by atoms with Gasteiger partial charge < -0.3 is 20.1 Å². The van der Waals surface area contributed by atoms with Gasteiger partial charge in [0.25, 0.3) is 0 Å². The van der Waals surface area contributed by atoms with E-state index in [0.717, 1.165) is 0 Å². The van der Waals surface area contributed by atoms with Crippen LogP contribution in [0.4, 0.5) is 0 Å². The Kier molecular flexibility index (Phi) is 4.51. The van der Waals surface area contributed by atoms with Crippen molar-refractivity contribution < 1.29 is 19.1 Å². The SMILES string of the molecule is COC(=O)CNC(=O)[C@H]1NCCO[C@@H]1C. The Bertz CT molecular complexity index is 244. The Morgan fingerprint density at radius 3 is 2.93 bits per heavy atom. The molecular formula is C9H16N2O4. The highest BCUT2D eigenvalue weighted by Gasteiger charge is 2.28. The molecule has 0 spiro atoms. The molecule has 1 rings (SSSR count). The van der Waals surface area contributed by atoms with Crippen LogP contribution in [0, 0.1) is 0 Å². The van der Waals surface area contributed by atoms with Gasteiger partial charge in [-0.15, -0.1) is 0 Å². The van der Waals surface area contributed by atoms with E-state index < -0.39 is 12.0 Å². The molecule has 0 aromatic heterocycles. The zero-order chi connectivity index (χ0) is 11.3. The van der Waals surface area contributed by atoms with Crippen LogP contribution in [0.15, 0.2) is 0 Å². The van der Waals surface area contributed by atoms with Crippen molar-refractivity contribution in [2.45, 2.75) is 19.1 Å². The average Bonchev–Trinajstić information content (AvgIpc) is 2.26. The summed E-state index contributed by atoms with van der Waals surface area (Å²) in [4.78, 5) is 22.4. The van der Waals surface area contributed by atoms with E-state index in [9.17, 15) is 9.59 Å². The van der Waals surface area contributed by atoms with Crippen molar-refractivity contribution in [2.75, 3.05) is 26.8 Å². The molecule has 86 valence electrons. The van der Waals surface area contributed by atoms with E-state index in [2.05, 4.69) is 15.4 Å². The summed E-state index contributed by atoms with van der Waals surface area (Å²) in [5.41, 5.74) is 0. The van der Waals surface area contributed by atoms with Crippen molar-refractivity contribution in [3.05, 3.63) is 0 Å². The van der Waals surface area contributed by atoms with Crippen LogP contribution in [0.5, 0.6) is 0 Å². The van der Waals surface area contributed by atoms with Crippen LogP contribution in [-0.2, 0) is 19.1 Å². The molecule has 0 aliphatic carbocycles. The molecule has 0 aromatic carbocycles. The summed E-state index contributed by atoms with van der Waals surface area (Å²) in [5.74, 6) is -0.708. The minimum atomic E-state index is -0.465. The molecule has 2 N–H and O–H groups in total. The molecule has 0 aromatic rings. The van der Waals surface area contributed by atoms with Crippen molar-refractivity contribution in [3.8, 4) is 0 Å². The zero-order valence-electron chi connectivity index (χ0n) is 8.91. The van der Waals surface area contributed by atoms with Crippen molar-refractivity contribution in [2.24, 2.45) is 0 Å². The molecule has 1 aliphatic heterocycles. The number of hydrogen-bond acceptors (Lipinski definition) is 5. The number of rotatable bonds is 3. The second-order valence-corrected chi connectivity index (χ2v) is 3.30. The van der Waals surface area contributed by atoms with Crippen LogP contribution in [0.25, 0.3) is 0 Å². The van der Waals surface area contributed by atoms with Gasteiger partial charge in [-0.3, -0.25) is 9.59 Å². The number of amides is 1. The van der Waals surface area contributed by atoms with Gasteiger partial charge in [0.2, 0.25) is 5.91 Å². The molecule has 0 radical (unpaired) electrons. The highest BCUT2D eigenvalue weighted by atomic mass is 16.5. The predicted molar refractivity (Wildman–Crippen MR) is 52.2 cm³/mol. The van der Waals surface area contributed by atoms with E-state index >= 15 is 0 Å². The summed E-state index contributed by atoms with van der Waals surface area (Å²) in [6.45, 7) is 2.94. The normalized spacial score (nSPS) is 25.7. The fraction of sp³-hybridized carbons (Fsp3) is 0.778. The molecule has 6 heteroatoms. The largest absolute Gasteiger partial charge is 0.468 e. The molecule has 6 nitrogen and oxygen atoms in total. The smallest absolute Gasteiger partial charge is 0.325 e. The third-order valence-electron chi connectivity index (χ3n) is 2.23. The number of morpholine rings is 1. The lowest BCUT2D eigenvalue weighted by molar-refractivity contribution is -0.142. The Morgan fingerprint density at radius 1 is 1.60 bits per heavy atom. The van der Waals surface area contributed by atoms with Crippen LogP contribution < -0.4 is 10.6 Å². The van der Waals surface area contributed by atoms with Gasteiger partial charge in [0.05, 0.1) is 19.8 Å². The van der Waals surface area contributed by atoms with E-state index in [1.807, 2.05) is 6.92 Å². The first kappa shape index (κ1) is 11.9. The van der Waals surface area contributed by atoms with Gasteiger partial charge in [0, 0.05) is 6.54 Å². The predicted octanol–water partition coefficient (Wildman–Crippen LogP) is -1.35. The molecule has 2 atom stereocenters. The number of esters is 1. The van der Waals surface area contributed by atoms with Crippen LogP contribution in [0.3, 0.4) is 0 Å². The van der Waals surface area contributed by atoms with Crippen LogP contribution in [0.1, 0.15) is 6.92 Å². The number of ether oxygens (including phenoxy) is 2. The summed E-state index contributed by atoms with van der Waals surface area (Å²) in [6.07, 6.45) is -0.184. The third-order valence-corrected chi connectivity index (χ3v) is 2.23. The first-order chi connectivity index (χ1) is 7.15. The van der Waals surface area contributed by atoms with Gasteiger partial charge >= 0.3 is 5.97 Å². The van der Waals surface area contributed by atoms with Crippen LogP contribution in [-0.4, -0.2) is 50.8 Å². The van der Waals surface area contributed by atoms with Gasteiger partial charge in [-0.05, 0) is 6.92 Å². The topological polar surface area (TPSA) is 76.7 Å². The fourth-order valence-electron chi connectivity index (χ4n) is 1.37. The lowest BCUT2D eigenvalue weighted by Crippen LogP contribution is -2.56. The molecule has 0 unspecified atom stereocenters. The molecular weight excluding hydrogens is 200 g/mol. The molecule has 1 aliphatic rings.